The second-order valence-electron chi connectivity index (χ2n) is 4.91. The third-order valence-corrected chi connectivity index (χ3v) is 5.78. The lowest BCUT2D eigenvalue weighted by Crippen LogP contribution is -2.31. The van der Waals surface area contributed by atoms with Gasteiger partial charge in [0.15, 0.2) is 0 Å². The van der Waals surface area contributed by atoms with Crippen LogP contribution in [0.15, 0.2) is 51.8 Å². The summed E-state index contributed by atoms with van der Waals surface area (Å²) in [4.78, 5) is 11.4. The van der Waals surface area contributed by atoms with Crippen molar-refractivity contribution in [3.05, 3.63) is 57.0 Å². The third kappa shape index (κ3) is 6.14. The van der Waals surface area contributed by atoms with Crippen molar-refractivity contribution < 1.29 is 22.7 Å². The molecule has 0 amide bonds. The van der Waals surface area contributed by atoms with Gasteiger partial charge in [0, 0.05) is 4.47 Å². The van der Waals surface area contributed by atoms with E-state index in [1.165, 1.54) is 12.1 Å². The number of hydrogen-bond donors (Lipinski definition) is 1. The van der Waals surface area contributed by atoms with Gasteiger partial charge in [-0.15, -0.1) is 0 Å². The maximum absolute atomic E-state index is 12.3. The zero-order valence-corrected chi connectivity index (χ0v) is 17.2. The molecule has 6 nitrogen and oxygen atoms in total. The van der Waals surface area contributed by atoms with Gasteiger partial charge in [0.25, 0.3) is 0 Å². The second kappa shape index (κ2) is 9.57. The molecule has 2 aromatic rings. The lowest BCUT2D eigenvalue weighted by atomic mass is 10.3. The van der Waals surface area contributed by atoms with Crippen LogP contribution in [0.4, 0.5) is 0 Å². The van der Waals surface area contributed by atoms with E-state index >= 15 is 0 Å². The first-order chi connectivity index (χ1) is 12.3. The highest BCUT2D eigenvalue weighted by atomic mass is 79.9. The van der Waals surface area contributed by atoms with Gasteiger partial charge in [-0.05, 0) is 24.3 Å². The number of ether oxygens (including phenoxy) is 2. The summed E-state index contributed by atoms with van der Waals surface area (Å²) in [6, 6.07) is 11.8. The van der Waals surface area contributed by atoms with Gasteiger partial charge in [-0.3, -0.25) is 4.79 Å². The molecule has 140 valence electrons. The number of para-hydroxylation sites is 1. The van der Waals surface area contributed by atoms with Gasteiger partial charge < -0.3 is 9.47 Å². The zero-order valence-electron chi connectivity index (χ0n) is 13.2. The molecule has 0 spiro atoms. The maximum atomic E-state index is 12.3. The predicted molar refractivity (Wildman–Crippen MR) is 102 cm³/mol. The van der Waals surface area contributed by atoms with E-state index in [4.69, 9.17) is 32.7 Å². The summed E-state index contributed by atoms with van der Waals surface area (Å²) in [7, 11) is -4.07. The Balaban J connectivity index is 1.83. The smallest absolute Gasteiger partial charge is 0.321 e. The van der Waals surface area contributed by atoms with Crippen molar-refractivity contribution in [1.82, 2.24) is 4.72 Å². The van der Waals surface area contributed by atoms with Gasteiger partial charge in [-0.25, -0.2) is 8.42 Å². The van der Waals surface area contributed by atoms with Crippen molar-refractivity contribution in [2.45, 2.75) is 4.90 Å². The quantitative estimate of drug-likeness (QED) is 0.458. The minimum absolute atomic E-state index is 0.0186. The molecule has 10 heteroatoms. The van der Waals surface area contributed by atoms with Gasteiger partial charge in [0.1, 0.15) is 30.4 Å². The molecule has 0 bridgehead atoms. The number of rotatable bonds is 8. The van der Waals surface area contributed by atoms with Gasteiger partial charge >= 0.3 is 5.97 Å². The first-order valence-corrected chi connectivity index (χ1v) is 10.3. The second-order valence-corrected chi connectivity index (χ2v) is 8.34. The van der Waals surface area contributed by atoms with Crippen molar-refractivity contribution >= 4 is 55.1 Å². The number of esters is 1. The summed E-state index contributed by atoms with van der Waals surface area (Å²) < 4.78 is 37.5. The molecular weight excluding hydrogens is 469 g/mol. The van der Waals surface area contributed by atoms with E-state index in [0.717, 1.165) is 0 Å². The largest absolute Gasteiger partial charge is 0.490 e. The molecule has 0 saturated carbocycles. The van der Waals surface area contributed by atoms with E-state index in [1.807, 2.05) is 18.2 Å². The van der Waals surface area contributed by atoms with Gasteiger partial charge in [0.05, 0.1) is 10.0 Å². The van der Waals surface area contributed by atoms with E-state index in [1.54, 1.807) is 12.1 Å². The monoisotopic (exact) mass is 481 g/mol. The van der Waals surface area contributed by atoms with Crippen molar-refractivity contribution in [3.63, 3.8) is 0 Å². The zero-order chi connectivity index (χ0) is 19.2. The molecule has 26 heavy (non-hydrogen) atoms. The Morgan fingerprint density at radius 1 is 1.08 bits per heavy atom. The molecule has 0 aromatic heterocycles. The molecule has 1 N–H and O–H groups in total. The van der Waals surface area contributed by atoms with Crippen molar-refractivity contribution in [2.24, 2.45) is 0 Å². The van der Waals surface area contributed by atoms with Gasteiger partial charge in [0.2, 0.25) is 10.0 Å². The molecule has 2 aromatic carbocycles. The van der Waals surface area contributed by atoms with E-state index in [2.05, 4.69) is 20.7 Å². The molecule has 0 unspecified atom stereocenters. The van der Waals surface area contributed by atoms with Crippen molar-refractivity contribution in [2.75, 3.05) is 19.8 Å². The number of sulfonamides is 1. The molecular formula is C16H14BrCl2NO5S. The summed E-state index contributed by atoms with van der Waals surface area (Å²) in [6.07, 6.45) is 0. The molecule has 0 aliphatic rings. The van der Waals surface area contributed by atoms with Crippen LogP contribution >= 0.6 is 39.1 Å². The predicted octanol–water partition coefficient (Wildman–Crippen LogP) is 3.66. The minimum Gasteiger partial charge on any atom is -0.490 e. The van der Waals surface area contributed by atoms with Crippen LogP contribution in [0.25, 0.3) is 0 Å². The SMILES string of the molecule is O=C(CNS(=O)(=O)c1c(Cl)cc(Br)cc1Cl)OCCOc1ccccc1. The number of halogens is 3. The summed E-state index contributed by atoms with van der Waals surface area (Å²) in [5.41, 5.74) is 0. The highest BCUT2D eigenvalue weighted by molar-refractivity contribution is 9.10. The summed E-state index contributed by atoms with van der Waals surface area (Å²) in [5.74, 6) is -0.113. The molecule has 0 fully saturated rings. The van der Waals surface area contributed by atoms with E-state index in [-0.39, 0.29) is 28.2 Å². The number of nitrogens with one attached hydrogen (secondary N) is 1. The van der Waals surface area contributed by atoms with Crippen molar-refractivity contribution in [3.8, 4) is 5.75 Å². The minimum atomic E-state index is -4.07. The summed E-state index contributed by atoms with van der Waals surface area (Å²) in [5, 5.41) is -0.136. The van der Waals surface area contributed by atoms with E-state index in [9.17, 15) is 13.2 Å². The Morgan fingerprint density at radius 3 is 2.31 bits per heavy atom. The molecule has 0 saturated heterocycles. The van der Waals surface area contributed by atoms with Gasteiger partial charge in [-0.2, -0.15) is 4.72 Å². The highest BCUT2D eigenvalue weighted by Gasteiger charge is 2.23. The molecule has 0 atom stereocenters. The van der Waals surface area contributed by atoms with Crippen LogP contribution in [0.2, 0.25) is 10.0 Å². The van der Waals surface area contributed by atoms with Crippen LogP contribution in [0, 0.1) is 0 Å². The number of benzene rings is 2. The van der Waals surface area contributed by atoms with Crippen LogP contribution in [-0.4, -0.2) is 34.1 Å². The Kier molecular flexibility index (Phi) is 7.72. The first-order valence-electron chi connectivity index (χ1n) is 7.27. The van der Waals surface area contributed by atoms with Crippen LogP contribution in [0.5, 0.6) is 5.75 Å². The fraction of sp³-hybridized carbons (Fsp3) is 0.188. The molecule has 0 aliphatic heterocycles. The lowest BCUT2D eigenvalue weighted by molar-refractivity contribution is -0.142. The number of carbonyl (C=O) groups is 1. The van der Waals surface area contributed by atoms with Crippen LogP contribution in [0.3, 0.4) is 0 Å². The van der Waals surface area contributed by atoms with Crippen LogP contribution in [0.1, 0.15) is 0 Å². The fourth-order valence-corrected chi connectivity index (χ4v) is 4.80. The Hall–Kier alpha value is -1.32. The average molecular weight is 483 g/mol. The standard InChI is InChI=1S/C16H14BrCl2NO5S/c17-11-8-13(18)16(14(19)9-11)26(22,23)20-10-15(21)25-7-6-24-12-4-2-1-3-5-12/h1-5,8-9,20H,6-7,10H2. The molecule has 0 heterocycles. The number of carbonyl (C=O) groups excluding carboxylic acids is 1. The topological polar surface area (TPSA) is 81.7 Å². The fourth-order valence-electron chi connectivity index (χ4n) is 1.89. The normalized spacial score (nSPS) is 11.2. The molecule has 2 rings (SSSR count). The summed E-state index contributed by atoms with van der Waals surface area (Å²) in [6.45, 7) is -0.432. The number of hydrogen-bond acceptors (Lipinski definition) is 5. The Labute approximate surface area is 169 Å². The van der Waals surface area contributed by atoms with Gasteiger partial charge in [-0.1, -0.05) is 57.3 Å². The average Bonchev–Trinajstić information content (AvgIpc) is 2.57. The molecule has 0 radical (unpaired) electrons. The highest BCUT2D eigenvalue weighted by Crippen LogP contribution is 2.32. The van der Waals surface area contributed by atoms with Crippen LogP contribution in [-0.2, 0) is 19.6 Å². The van der Waals surface area contributed by atoms with Crippen LogP contribution < -0.4 is 9.46 Å². The maximum Gasteiger partial charge on any atom is 0.321 e. The van der Waals surface area contributed by atoms with E-state index < -0.39 is 22.5 Å². The van der Waals surface area contributed by atoms with E-state index in [0.29, 0.717) is 10.2 Å². The first kappa shape index (κ1) is 21.0. The Morgan fingerprint density at radius 2 is 1.69 bits per heavy atom. The Bertz CT molecular complexity index is 854. The summed E-state index contributed by atoms with van der Waals surface area (Å²) >= 11 is 15.0. The lowest BCUT2D eigenvalue weighted by Gasteiger charge is -2.11. The van der Waals surface area contributed by atoms with Crippen molar-refractivity contribution in [1.29, 1.82) is 0 Å². The molecule has 0 aliphatic carbocycles. The third-order valence-electron chi connectivity index (χ3n) is 3.00.